The van der Waals surface area contributed by atoms with E-state index in [9.17, 15) is 0 Å². The van der Waals surface area contributed by atoms with Gasteiger partial charge in [-0.15, -0.1) is 0 Å². The van der Waals surface area contributed by atoms with Crippen molar-refractivity contribution in [3.63, 3.8) is 0 Å². The van der Waals surface area contributed by atoms with Gasteiger partial charge in [0.1, 0.15) is 0 Å². The lowest BCUT2D eigenvalue weighted by Crippen LogP contribution is -2.18. The summed E-state index contributed by atoms with van der Waals surface area (Å²) in [5.41, 5.74) is 9.38. The van der Waals surface area contributed by atoms with Gasteiger partial charge in [0.25, 0.3) is 0 Å². The highest BCUT2D eigenvalue weighted by Crippen LogP contribution is 2.34. The molecule has 162 valence electrons. The molecule has 5 heteroatoms. The average Bonchev–Trinajstić information content (AvgIpc) is 3.28. The lowest BCUT2D eigenvalue weighted by molar-refractivity contribution is 0.696. The zero-order valence-corrected chi connectivity index (χ0v) is 18.8. The summed E-state index contributed by atoms with van der Waals surface area (Å²) < 4.78 is 0. The van der Waals surface area contributed by atoms with Crippen LogP contribution >= 0.6 is 0 Å². The second kappa shape index (κ2) is 8.79. The summed E-state index contributed by atoms with van der Waals surface area (Å²) in [6.07, 6.45) is 10.5. The van der Waals surface area contributed by atoms with E-state index in [4.69, 9.17) is 4.98 Å². The summed E-state index contributed by atoms with van der Waals surface area (Å²) in [6, 6.07) is 16.7. The van der Waals surface area contributed by atoms with Crippen LogP contribution in [0.3, 0.4) is 0 Å². The molecule has 4 aromatic rings. The molecule has 0 bridgehead atoms. The van der Waals surface area contributed by atoms with Crippen molar-refractivity contribution in [2.75, 3.05) is 0 Å². The molecule has 5 rings (SSSR count). The zero-order chi connectivity index (χ0) is 22.8. The zero-order valence-electron chi connectivity index (χ0n) is 18.8. The molecule has 0 fully saturated rings. The third kappa shape index (κ3) is 4.30. The quantitative estimate of drug-likeness (QED) is 0.434. The number of allylic oxidation sites excluding steroid dienone is 1. The van der Waals surface area contributed by atoms with Crippen LogP contribution in [-0.4, -0.2) is 19.9 Å². The van der Waals surface area contributed by atoms with Gasteiger partial charge >= 0.3 is 0 Å². The van der Waals surface area contributed by atoms with E-state index in [1.54, 1.807) is 0 Å². The van der Waals surface area contributed by atoms with E-state index < -0.39 is 0 Å². The van der Waals surface area contributed by atoms with Crippen LogP contribution in [0.1, 0.15) is 46.9 Å². The van der Waals surface area contributed by atoms with Crippen LogP contribution < -0.4 is 5.32 Å². The molecule has 5 nitrogen and oxygen atoms in total. The molecular weight excluding hydrogens is 406 g/mol. The van der Waals surface area contributed by atoms with Crippen molar-refractivity contribution < 1.29 is 0 Å². The number of fused-ring (bicyclic) bond motifs is 1. The molecular formula is C28H25N5. The first kappa shape index (κ1) is 20.8. The molecule has 33 heavy (non-hydrogen) atoms. The summed E-state index contributed by atoms with van der Waals surface area (Å²) in [7, 11) is 0. The fourth-order valence-electron chi connectivity index (χ4n) is 4.13. The number of aromatic nitrogens is 4. The lowest BCUT2D eigenvalue weighted by atomic mass is 10.00. The summed E-state index contributed by atoms with van der Waals surface area (Å²) in [6.45, 7) is 8.24. The summed E-state index contributed by atoms with van der Waals surface area (Å²) in [5, 5.41) is 3.40. The molecule has 1 N–H and O–H groups in total. The minimum absolute atomic E-state index is 0.118. The Bertz CT molecular complexity index is 1340. The Hall–Kier alpha value is -4.12. The van der Waals surface area contributed by atoms with Gasteiger partial charge in [0.15, 0.2) is 5.82 Å². The van der Waals surface area contributed by atoms with Gasteiger partial charge in [-0.1, -0.05) is 43.0 Å². The van der Waals surface area contributed by atoms with Gasteiger partial charge in [-0.3, -0.25) is 9.97 Å². The monoisotopic (exact) mass is 431 g/mol. The third-order valence-corrected chi connectivity index (χ3v) is 5.91. The lowest BCUT2D eigenvalue weighted by Gasteiger charge is -2.17. The van der Waals surface area contributed by atoms with Gasteiger partial charge in [0, 0.05) is 59.6 Å². The maximum atomic E-state index is 4.71. The first-order chi connectivity index (χ1) is 16.1. The molecule has 0 spiro atoms. The average molecular weight is 432 g/mol. The van der Waals surface area contributed by atoms with E-state index in [1.165, 1.54) is 5.56 Å². The van der Waals surface area contributed by atoms with E-state index in [0.717, 1.165) is 45.6 Å². The number of nitrogens with zero attached hydrogens (tertiary/aromatic N) is 4. The standard InChI is InChI=1S/C28H25N5/c1-18-13-22(11-12-29-18)23-14-26-25(9-10-27(26)30-15-23)24-16-31-28(32-17-24)20(3)33-19(2)21-7-5-4-6-8-21/h4-9,11-17,19,33H,3,10H2,1-2H3/t19-/m0/s1. The van der Waals surface area contributed by atoms with Gasteiger partial charge in [-0.2, -0.15) is 0 Å². The molecule has 3 aromatic heterocycles. The summed E-state index contributed by atoms with van der Waals surface area (Å²) >= 11 is 0. The number of benzene rings is 1. The number of pyridine rings is 2. The van der Waals surface area contributed by atoms with E-state index in [2.05, 4.69) is 64.1 Å². The summed E-state index contributed by atoms with van der Waals surface area (Å²) in [5.74, 6) is 0.597. The fraction of sp³-hybridized carbons (Fsp3) is 0.143. The van der Waals surface area contributed by atoms with Crippen molar-refractivity contribution in [1.82, 2.24) is 25.3 Å². The first-order valence-electron chi connectivity index (χ1n) is 11.0. The van der Waals surface area contributed by atoms with Crippen LogP contribution in [0.4, 0.5) is 0 Å². The number of aryl methyl sites for hydroxylation is 1. The van der Waals surface area contributed by atoms with Crippen molar-refractivity contribution in [3.05, 3.63) is 120 Å². The van der Waals surface area contributed by atoms with Crippen LogP contribution in [0.2, 0.25) is 0 Å². The smallest absolute Gasteiger partial charge is 0.174 e. The van der Waals surface area contributed by atoms with Crippen LogP contribution in [0.15, 0.2) is 86.0 Å². The number of hydrogen-bond acceptors (Lipinski definition) is 5. The maximum absolute atomic E-state index is 4.71. The van der Waals surface area contributed by atoms with Gasteiger partial charge in [0.05, 0.1) is 11.4 Å². The SMILES string of the molecule is C=C(N[C@@H](C)c1ccccc1)c1ncc(C2=CCc3ncc(-c4ccnc(C)c4)cc32)cn1. The normalized spacial score (nSPS) is 13.2. The van der Waals surface area contributed by atoms with E-state index in [-0.39, 0.29) is 6.04 Å². The van der Waals surface area contributed by atoms with Crippen LogP contribution in [0, 0.1) is 6.92 Å². The minimum Gasteiger partial charge on any atom is -0.376 e. The molecule has 1 aromatic carbocycles. The van der Waals surface area contributed by atoms with E-state index in [1.807, 2.05) is 56.0 Å². The number of nitrogens with one attached hydrogen (secondary N) is 1. The van der Waals surface area contributed by atoms with Gasteiger partial charge in [-0.05, 0) is 48.7 Å². The molecule has 0 aliphatic heterocycles. The van der Waals surface area contributed by atoms with Gasteiger partial charge < -0.3 is 5.32 Å². The maximum Gasteiger partial charge on any atom is 0.174 e. The van der Waals surface area contributed by atoms with Crippen LogP contribution in [0.25, 0.3) is 22.4 Å². The summed E-state index contributed by atoms with van der Waals surface area (Å²) in [4.78, 5) is 18.2. The van der Waals surface area contributed by atoms with Gasteiger partial charge in [0.2, 0.25) is 0 Å². The molecule has 0 unspecified atom stereocenters. The van der Waals surface area contributed by atoms with Crippen molar-refractivity contribution in [2.45, 2.75) is 26.3 Å². The molecule has 1 atom stereocenters. The Morgan fingerprint density at radius 3 is 2.42 bits per heavy atom. The third-order valence-electron chi connectivity index (χ3n) is 5.91. The topological polar surface area (TPSA) is 63.6 Å². The first-order valence-corrected chi connectivity index (χ1v) is 11.0. The van der Waals surface area contributed by atoms with Gasteiger partial charge in [-0.25, -0.2) is 9.97 Å². The van der Waals surface area contributed by atoms with Crippen LogP contribution in [0.5, 0.6) is 0 Å². The Morgan fingerprint density at radius 2 is 1.67 bits per heavy atom. The van der Waals surface area contributed by atoms with E-state index in [0.29, 0.717) is 11.5 Å². The molecule has 0 saturated carbocycles. The predicted molar refractivity (Wildman–Crippen MR) is 132 cm³/mol. The Balaban J connectivity index is 1.35. The predicted octanol–water partition coefficient (Wildman–Crippen LogP) is 5.55. The highest BCUT2D eigenvalue weighted by molar-refractivity contribution is 5.85. The highest BCUT2D eigenvalue weighted by atomic mass is 15.0. The second-order valence-corrected chi connectivity index (χ2v) is 8.28. The Kier molecular flexibility index (Phi) is 5.53. The molecule has 0 amide bonds. The van der Waals surface area contributed by atoms with E-state index >= 15 is 0 Å². The fourth-order valence-corrected chi connectivity index (χ4v) is 4.13. The van der Waals surface area contributed by atoms with Crippen molar-refractivity contribution in [3.8, 4) is 11.1 Å². The minimum atomic E-state index is 0.118. The highest BCUT2D eigenvalue weighted by Gasteiger charge is 2.19. The molecule has 1 aliphatic carbocycles. The molecule has 1 aliphatic rings. The van der Waals surface area contributed by atoms with Crippen molar-refractivity contribution in [2.24, 2.45) is 0 Å². The van der Waals surface area contributed by atoms with Crippen molar-refractivity contribution in [1.29, 1.82) is 0 Å². The molecule has 0 saturated heterocycles. The second-order valence-electron chi connectivity index (χ2n) is 8.28. The Morgan fingerprint density at radius 1 is 0.909 bits per heavy atom. The number of hydrogen-bond donors (Lipinski definition) is 1. The van der Waals surface area contributed by atoms with Crippen molar-refractivity contribution >= 4 is 11.3 Å². The van der Waals surface area contributed by atoms with Crippen LogP contribution in [-0.2, 0) is 6.42 Å². The largest absolute Gasteiger partial charge is 0.376 e. The number of rotatable bonds is 6. The Labute approximate surface area is 194 Å². The molecule has 0 radical (unpaired) electrons. The molecule has 3 heterocycles.